The lowest BCUT2D eigenvalue weighted by atomic mass is 9.97. The lowest BCUT2D eigenvalue weighted by Crippen LogP contribution is -2.42. The number of hydrogen-bond donors (Lipinski definition) is 1. The molecule has 1 aromatic carbocycles. The van der Waals surface area contributed by atoms with Crippen molar-refractivity contribution in [1.82, 2.24) is 4.90 Å². The summed E-state index contributed by atoms with van der Waals surface area (Å²) >= 11 is 0. The van der Waals surface area contributed by atoms with E-state index in [-0.39, 0.29) is 18.6 Å². The molecule has 3 rings (SSSR count). The van der Waals surface area contributed by atoms with Gasteiger partial charge in [-0.15, -0.1) is 0 Å². The summed E-state index contributed by atoms with van der Waals surface area (Å²) in [6, 6.07) is 7.02. The Hall–Kier alpha value is -2.08. The van der Waals surface area contributed by atoms with Crippen molar-refractivity contribution in [3.05, 3.63) is 29.8 Å². The Morgan fingerprint density at radius 1 is 1.21 bits per heavy atom. The number of ether oxygens (including phenoxy) is 2. The Morgan fingerprint density at radius 3 is 2.67 bits per heavy atom. The third kappa shape index (κ3) is 4.06. The molecule has 24 heavy (non-hydrogen) atoms. The zero-order chi connectivity index (χ0) is 16.9. The number of carboxylic acid groups (broad SMARTS) is 1. The maximum atomic E-state index is 12.5. The van der Waals surface area contributed by atoms with E-state index in [9.17, 15) is 9.59 Å². The summed E-state index contributed by atoms with van der Waals surface area (Å²) in [5.74, 6) is -0.696. The fourth-order valence-corrected chi connectivity index (χ4v) is 3.20. The minimum absolute atomic E-state index is 0.119. The molecule has 2 aliphatic rings. The molecule has 2 saturated heterocycles. The molecule has 2 atom stereocenters. The van der Waals surface area contributed by atoms with Crippen molar-refractivity contribution in [2.75, 3.05) is 26.3 Å². The number of carbonyl (C=O) groups excluding carboxylic acids is 1. The molecule has 1 amide bonds. The molecule has 2 aliphatic heterocycles. The molecule has 6 heteroatoms. The first-order valence-corrected chi connectivity index (χ1v) is 8.50. The van der Waals surface area contributed by atoms with Crippen LogP contribution in [0.2, 0.25) is 0 Å². The van der Waals surface area contributed by atoms with Crippen LogP contribution in [0.4, 0.5) is 0 Å². The Labute approximate surface area is 141 Å². The van der Waals surface area contributed by atoms with Crippen molar-refractivity contribution < 1.29 is 24.2 Å². The van der Waals surface area contributed by atoms with Gasteiger partial charge in [-0.1, -0.05) is 0 Å². The summed E-state index contributed by atoms with van der Waals surface area (Å²) in [5, 5.41) is 9.13. The fourth-order valence-electron chi connectivity index (χ4n) is 3.20. The third-order valence-corrected chi connectivity index (χ3v) is 4.62. The molecule has 6 nitrogen and oxygen atoms in total. The first-order valence-electron chi connectivity index (χ1n) is 8.50. The zero-order valence-electron chi connectivity index (χ0n) is 13.6. The Bertz CT molecular complexity index is 580. The van der Waals surface area contributed by atoms with Crippen LogP contribution in [-0.4, -0.2) is 54.3 Å². The van der Waals surface area contributed by atoms with Gasteiger partial charge in [-0.25, -0.2) is 0 Å². The van der Waals surface area contributed by atoms with E-state index in [0.717, 1.165) is 25.9 Å². The van der Waals surface area contributed by atoms with Gasteiger partial charge in [0.25, 0.3) is 5.91 Å². The Kier molecular flexibility index (Phi) is 5.35. The highest BCUT2D eigenvalue weighted by atomic mass is 16.5. The van der Waals surface area contributed by atoms with E-state index >= 15 is 0 Å². The number of nitrogens with zero attached hydrogens (tertiary/aromatic N) is 1. The number of carboxylic acids is 1. The highest BCUT2D eigenvalue weighted by Gasteiger charge is 2.28. The van der Waals surface area contributed by atoms with Crippen molar-refractivity contribution in [3.8, 4) is 5.75 Å². The van der Waals surface area contributed by atoms with E-state index in [2.05, 4.69) is 0 Å². The topological polar surface area (TPSA) is 76.1 Å². The van der Waals surface area contributed by atoms with E-state index in [0.29, 0.717) is 30.9 Å². The maximum absolute atomic E-state index is 12.5. The zero-order valence-corrected chi connectivity index (χ0v) is 13.6. The predicted octanol–water partition coefficient (Wildman–Crippen LogP) is 2.18. The van der Waals surface area contributed by atoms with Crippen molar-refractivity contribution in [2.24, 2.45) is 5.92 Å². The molecular weight excluding hydrogens is 310 g/mol. The number of aliphatic carboxylic acids is 1. The van der Waals surface area contributed by atoms with Crippen molar-refractivity contribution >= 4 is 11.9 Å². The first kappa shape index (κ1) is 16.8. The Morgan fingerprint density at radius 2 is 2.00 bits per heavy atom. The molecular formula is C18H23NO5. The first-order chi connectivity index (χ1) is 11.6. The van der Waals surface area contributed by atoms with Crippen LogP contribution in [0, 0.1) is 5.92 Å². The quantitative estimate of drug-likeness (QED) is 0.894. The summed E-state index contributed by atoms with van der Waals surface area (Å²) in [6.45, 7) is 2.22. The van der Waals surface area contributed by atoms with Gasteiger partial charge in [0, 0.05) is 25.3 Å². The van der Waals surface area contributed by atoms with Crippen LogP contribution in [0.15, 0.2) is 24.3 Å². The number of likely N-dealkylation sites (tertiary alicyclic amines) is 1. The minimum Gasteiger partial charge on any atom is -0.491 e. The van der Waals surface area contributed by atoms with E-state index in [1.807, 2.05) is 0 Å². The molecule has 0 saturated carbocycles. The van der Waals surface area contributed by atoms with Gasteiger partial charge in [0.2, 0.25) is 0 Å². The molecule has 2 heterocycles. The standard InChI is InChI=1S/C18H23NO5/c20-17(19-9-1-3-14(11-19)18(21)22)13-5-7-15(8-6-13)24-12-16-4-2-10-23-16/h5-8,14,16H,1-4,9-12H2,(H,21,22). The summed E-state index contributed by atoms with van der Waals surface area (Å²) in [4.78, 5) is 25.3. The van der Waals surface area contributed by atoms with Crippen molar-refractivity contribution in [3.63, 3.8) is 0 Å². The van der Waals surface area contributed by atoms with Gasteiger partial charge >= 0.3 is 5.97 Å². The van der Waals surface area contributed by atoms with Gasteiger partial charge in [0.1, 0.15) is 12.4 Å². The number of piperidine rings is 1. The van der Waals surface area contributed by atoms with E-state index in [1.165, 1.54) is 0 Å². The summed E-state index contributed by atoms with van der Waals surface area (Å²) in [5.41, 5.74) is 0.561. The highest BCUT2D eigenvalue weighted by Crippen LogP contribution is 2.21. The summed E-state index contributed by atoms with van der Waals surface area (Å²) in [6.07, 6.45) is 3.62. The second kappa shape index (κ2) is 7.66. The van der Waals surface area contributed by atoms with Gasteiger partial charge in [0.15, 0.2) is 0 Å². The second-order valence-electron chi connectivity index (χ2n) is 6.40. The molecule has 0 spiro atoms. The largest absolute Gasteiger partial charge is 0.491 e. The molecule has 1 N–H and O–H groups in total. The SMILES string of the molecule is O=C(O)C1CCCN(C(=O)c2ccc(OCC3CCCO3)cc2)C1. The van der Waals surface area contributed by atoms with Crippen LogP contribution in [0.5, 0.6) is 5.75 Å². The van der Waals surface area contributed by atoms with Gasteiger partial charge in [-0.3, -0.25) is 9.59 Å². The molecule has 0 bridgehead atoms. The van der Waals surface area contributed by atoms with Crippen LogP contribution in [-0.2, 0) is 9.53 Å². The lowest BCUT2D eigenvalue weighted by Gasteiger charge is -2.30. The molecule has 0 aliphatic carbocycles. The van der Waals surface area contributed by atoms with Crippen LogP contribution in [0.25, 0.3) is 0 Å². The normalized spacial score (nSPS) is 23.9. The average molecular weight is 333 g/mol. The number of amides is 1. The van der Waals surface area contributed by atoms with Crippen molar-refractivity contribution in [1.29, 1.82) is 0 Å². The van der Waals surface area contributed by atoms with Gasteiger partial charge in [-0.2, -0.15) is 0 Å². The van der Waals surface area contributed by atoms with Crippen LogP contribution < -0.4 is 4.74 Å². The predicted molar refractivity (Wildman–Crippen MR) is 87.2 cm³/mol. The molecule has 130 valence electrons. The summed E-state index contributed by atoms with van der Waals surface area (Å²) in [7, 11) is 0. The number of carbonyl (C=O) groups is 2. The smallest absolute Gasteiger partial charge is 0.308 e. The maximum Gasteiger partial charge on any atom is 0.308 e. The summed E-state index contributed by atoms with van der Waals surface area (Å²) < 4.78 is 11.2. The molecule has 2 fully saturated rings. The van der Waals surface area contributed by atoms with Gasteiger partial charge in [0.05, 0.1) is 12.0 Å². The minimum atomic E-state index is -0.828. The van der Waals surface area contributed by atoms with Crippen LogP contribution >= 0.6 is 0 Å². The van der Waals surface area contributed by atoms with Gasteiger partial charge in [-0.05, 0) is 49.9 Å². The van der Waals surface area contributed by atoms with Gasteiger partial charge < -0.3 is 19.5 Å². The molecule has 2 unspecified atom stereocenters. The lowest BCUT2D eigenvalue weighted by molar-refractivity contribution is -0.143. The molecule has 0 radical (unpaired) electrons. The highest BCUT2D eigenvalue weighted by molar-refractivity contribution is 5.94. The fraction of sp³-hybridized carbons (Fsp3) is 0.556. The third-order valence-electron chi connectivity index (χ3n) is 4.62. The van der Waals surface area contributed by atoms with Crippen molar-refractivity contribution in [2.45, 2.75) is 31.8 Å². The van der Waals surface area contributed by atoms with E-state index in [1.54, 1.807) is 29.2 Å². The van der Waals surface area contributed by atoms with Crippen LogP contribution in [0.1, 0.15) is 36.0 Å². The average Bonchev–Trinajstić information content (AvgIpc) is 3.13. The monoisotopic (exact) mass is 333 g/mol. The van der Waals surface area contributed by atoms with E-state index in [4.69, 9.17) is 14.6 Å². The Balaban J connectivity index is 1.56. The van der Waals surface area contributed by atoms with E-state index < -0.39 is 11.9 Å². The molecule has 0 aromatic heterocycles. The molecule has 1 aromatic rings. The number of hydrogen-bond acceptors (Lipinski definition) is 4. The van der Waals surface area contributed by atoms with Crippen LogP contribution in [0.3, 0.4) is 0 Å². The number of rotatable bonds is 5. The number of benzene rings is 1. The second-order valence-corrected chi connectivity index (χ2v) is 6.40.